The Kier molecular flexibility index (Phi) is 6.20. The molecule has 3 nitrogen and oxygen atoms in total. The Hall–Kier alpha value is -0.220. The standard InChI is InChI=1S/C10H22N2OS/c1-5-8(2)6-14-7-10(3,4)9(13)12-11/h8H,5-7,11H2,1-4H3,(H,12,13). The van der Waals surface area contributed by atoms with Crippen molar-refractivity contribution < 1.29 is 4.79 Å². The lowest BCUT2D eigenvalue weighted by molar-refractivity contribution is -0.128. The molecule has 4 heteroatoms. The first-order chi connectivity index (χ1) is 6.44. The van der Waals surface area contributed by atoms with Crippen molar-refractivity contribution in [2.24, 2.45) is 17.2 Å². The summed E-state index contributed by atoms with van der Waals surface area (Å²) in [5.74, 6) is 7.67. The first-order valence-electron chi connectivity index (χ1n) is 5.02. The fourth-order valence-corrected chi connectivity index (χ4v) is 2.29. The predicted octanol–water partition coefficient (Wildman–Crippen LogP) is 1.78. The summed E-state index contributed by atoms with van der Waals surface area (Å²) < 4.78 is 0. The second-order valence-corrected chi connectivity index (χ2v) is 5.42. The summed E-state index contributed by atoms with van der Waals surface area (Å²) in [5, 5.41) is 0. The van der Waals surface area contributed by atoms with Crippen LogP contribution in [-0.4, -0.2) is 17.4 Å². The molecule has 0 aromatic carbocycles. The molecule has 0 radical (unpaired) electrons. The first kappa shape index (κ1) is 13.8. The highest BCUT2D eigenvalue weighted by Crippen LogP contribution is 2.23. The van der Waals surface area contributed by atoms with Crippen LogP contribution in [0, 0.1) is 11.3 Å². The Morgan fingerprint density at radius 2 is 2.14 bits per heavy atom. The number of amides is 1. The van der Waals surface area contributed by atoms with Gasteiger partial charge in [0.2, 0.25) is 5.91 Å². The van der Waals surface area contributed by atoms with Crippen molar-refractivity contribution in [3.63, 3.8) is 0 Å². The Morgan fingerprint density at radius 3 is 2.57 bits per heavy atom. The Morgan fingerprint density at radius 1 is 1.57 bits per heavy atom. The Labute approximate surface area is 91.2 Å². The van der Waals surface area contributed by atoms with Crippen LogP contribution in [-0.2, 0) is 4.79 Å². The first-order valence-corrected chi connectivity index (χ1v) is 6.18. The summed E-state index contributed by atoms with van der Waals surface area (Å²) in [6, 6.07) is 0. The summed E-state index contributed by atoms with van der Waals surface area (Å²) >= 11 is 1.82. The number of nitrogens with one attached hydrogen (secondary N) is 1. The van der Waals surface area contributed by atoms with Gasteiger partial charge in [0.05, 0.1) is 5.41 Å². The molecule has 0 aliphatic rings. The molecule has 0 aromatic heterocycles. The van der Waals surface area contributed by atoms with Gasteiger partial charge >= 0.3 is 0 Å². The molecule has 84 valence electrons. The van der Waals surface area contributed by atoms with Crippen molar-refractivity contribution in [2.45, 2.75) is 34.1 Å². The van der Waals surface area contributed by atoms with Crippen molar-refractivity contribution >= 4 is 17.7 Å². The van der Waals surface area contributed by atoms with Gasteiger partial charge in [-0.15, -0.1) is 0 Å². The summed E-state index contributed by atoms with van der Waals surface area (Å²) in [4.78, 5) is 11.3. The molecule has 1 atom stereocenters. The molecule has 0 aliphatic heterocycles. The van der Waals surface area contributed by atoms with Crippen LogP contribution in [0.3, 0.4) is 0 Å². The number of hydrazine groups is 1. The average molecular weight is 218 g/mol. The molecule has 0 bridgehead atoms. The lowest BCUT2D eigenvalue weighted by atomic mass is 9.96. The van der Waals surface area contributed by atoms with Crippen molar-refractivity contribution in [2.75, 3.05) is 11.5 Å². The van der Waals surface area contributed by atoms with Gasteiger partial charge < -0.3 is 0 Å². The summed E-state index contributed by atoms with van der Waals surface area (Å²) in [6.45, 7) is 8.24. The minimum Gasteiger partial charge on any atom is -0.294 e. The molecule has 0 aliphatic carbocycles. The largest absolute Gasteiger partial charge is 0.294 e. The maximum absolute atomic E-state index is 11.3. The third-order valence-electron chi connectivity index (χ3n) is 2.31. The average Bonchev–Trinajstić information content (AvgIpc) is 2.15. The lowest BCUT2D eigenvalue weighted by Crippen LogP contribution is -2.42. The maximum atomic E-state index is 11.3. The number of rotatable bonds is 6. The van der Waals surface area contributed by atoms with Gasteiger partial charge in [-0.2, -0.15) is 11.8 Å². The minimum absolute atomic E-state index is 0.0887. The summed E-state index contributed by atoms with van der Waals surface area (Å²) in [6.07, 6.45) is 1.19. The number of hydrogen-bond acceptors (Lipinski definition) is 3. The van der Waals surface area contributed by atoms with Crippen LogP contribution in [0.15, 0.2) is 0 Å². The van der Waals surface area contributed by atoms with Gasteiger partial charge in [0.25, 0.3) is 0 Å². The lowest BCUT2D eigenvalue weighted by Gasteiger charge is -2.22. The molecular weight excluding hydrogens is 196 g/mol. The number of nitrogens with two attached hydrogens (primary N) is 1. The molecule has 0 spiro atoms. The molecule has 0 saturated carbocycles. The van der Waals surface area contributed by atoms with Crippen LogP contribution < -0.4 is 11.3 Å². The van der Waals surface area contributed by atoms with Gasteiger partial charge in [0.1, 0.15) is 0 Å². The summed E-state index contributed by atoms with van der Waals surface area (Å²) in [5.41, 5.74) is 1.84. The third kappa shape index (κ3) is 4.86. The van der Waals surface area contributed by atoms with E-state index in [1.807, 2.05) is 25.6 Å². The monoisotopic (exact) mass is 218 g/mol. The second kappa shape index (κ2) is 6.30. The smallest absolute Gasteiger partial charge is 0.240 e. The predicted molar refractivity (Wildman–Crippen MR) is 62.9 cm³/mol. The van der Waals surface area contributed by atoms with E-state index in [0.29, 0.717) is 0 Å². The highest BCUT2D eigenvalue weighted by Gasteiger charge is 2.26. The van der Waals surface area contributed by atoms with E-state index in [1.54, 1.807) is 0 Å². The zero-order valence-electron chi connectivity index (χ0n) is 9.59. The molecule has 0 rings (SSSR count). The van der Waals surface area contributed by atoms with Crippen molar-refractivity contribution in [1.82, 2.24) is 5.43 Å². The van der Waals surface area contributed by atoms with Crippen molar-refractivity contribution in [1.29, 1.82) is 0 Å². The molecule has 0 fully saturated rings. The Balaban J connectivity index is 3.82. The van der Waals surface area contributed by atoms with E-state index >= 15 is 0 Å². The van der Waals surface area contributed by atoms with Crippen LogP contribution in [0.2, 0.25) is 0 Å². The molecule has 0 heterocycles. The van der Waals surface area contributed by atoms with E-state index in [0.717, 1.165) is 17.4 Å². The van der Waals surface area contributed by atoms with Gasteiger partial charge in [-0.05, 0) is 11.7 Å². The van der Waals surface area contributed by atoms with Crippen molar-refractivity contribution in [3.8, 4) is 0 Å². The second-order valence-electron chi connectivity index (χ2n) is 4.39. The molecule has 1 amide bonds. The van der Waals surface area contributed by atoms with Crippen LogP contribution in [0.25, 0.3) is 0 Å². The number of carbonyl (C=O) groups excluding carboxylic acids is 1. The van der Waals surface area contributed by atoms with E-state index in [4.69, 9.17) is 5.84 Å². The maximum Gasteiger partial charge on any atom is 0.240 e. The van der Waals surface area contributed by atoms with E-state index in [9.17, 15) is 4.79 Å². The highest BCUT2D eigenvalue weighted by molar-refractivity contribution is 7.99. The van der Waals surface area contributed by atoms with Gasteiger partial charge in [-0.25, -0.2) is 5.84 Å². The van der Waals surface area contributed by atoms with Gasteiger partial charge in [-0.1, -0.05) is 34.1 Å². The van der Waals surface area contributed by atoms with Crippen LogP contribution in [0.4, 0.5) is 0 Å². The normalized spacial score (nSPS) is 13.8. The fraction of sp³-hybridized carbons (Fsp3) is 0.900. The molecule has 1 unspecified atom stereocenters. The fourth-order valence-electron chi connectivity index (χ4n) is 0.894. The molecule has 14 heavy (non-hydrogen) atoms. The zero-order valence-corrected chi connectivity index (χ0v) is 10.4. The van der Waals surface area contributed by atoms with Gasteiger partial charge in [0.15, 0.2) is 0 Å². The molecule has 3 N–H and O–H groups in total. The number of carbonyl (C=O) groups is 1. The van der Waals surface area contributed by atoms with E-state index in [2.05, 4.69) is 19.3 Å². The third-order valence-corrected chi connectivity index (χ3v) is 4.04. The quantitative estimate of drug-likeness (QED) is 0.406. The molecule has 0 aromatic rings. The Bertz CT molecular complexity index is 183. The SMILES string of the molecule is CCC(C)CSCC(C)(C)C(=O)NN. The number of thioether (sulfide) groups is 1. The number of hydrogen-bond donors (Lipinski definition) is 2. The van der Waals surface area contributed by atoms with E-state index in [1.165, 1.54) is 6.42 Å². The summed E-state index contributed by atoms with van der Waals surface area (Å²) in [7, 11) is 0. The minimum atomic E-state index is -0.368. The highest BCUT2D eigenvalue weighted by atomic mass is 32.2. The van der Waals surface area contributed by atoms with E-state index in [-0.39, 0.29) is 11.3 Å². The van der Waals surface area contributed by atoms with Crippen molar-refractivity contribution in [3.05, 3.63) is 0 Å². The molecular formula is C10H22N2OS. The topological polar surface area (TPSA) is 55.1 Å². The van der Waals surface area contributed by atoms with Gasteiger partial charge in [0, 0.05) is 5.75 Å². The van der Waals surface area contributed by atoms with Crippen LogP contribution in [0.1, 0.15) is 34.1 Å². The zero-order chi connectivity index (χ0) is 11.2. The van der Waals surface area contributed by atoms with Gasteiger partial charge in [-0.3, -0.25) is 10.2 Å². The molecule has 0 saturated heterocycles. The van der Waals surface area contributed by atoms with Crippen LogP contribution in [0.5, 0.6) is 0 Å². The van der Waals surface area contributed by atoms with E-state index < -0.39 is 0 Å². The van der Waals surface area contributed by atoms with Crippen LogP contribution >= 0.6 is 11.8 Å².